The molecule has 3 rings (SSSR count). The molecule has 2 aromatic rings. The van der Waals surface area contributed by atoms with Gasteiger partial charge in [-0.25, -0.2) is 0 Å². The second-order valence-corrected chi connectivity index (χ2v) is 7.35. The third-order valence-corrected chi connectivity index (χ3v) is 5.10. The number of rotatable bonds is 5. The topological polar surface area (TPSA) is 97.6 Å². The second kappa shape index (κ2) is 6.26. The van der Waals surface area contributed by atoms with E-state index in [-0.39, 0.29) is 12.5 Å². The average molecular weight is 338 g/mol. The summed E-state index contributed by atoms with van der Waals surface area (Å²) in [5.74, 6) is 1.55. The highest BCUT2D eigenvalue weighted by molar-refractivity contribution is 7.87. The van der Waals surface area contributed by atoms with Gasteiger partial charge in [0, 0.05) is 19.7 Å². The Bertz CT molecular complexity index is 788. The van der Waals surface area contributed by atoms with E-state index < -0.39 is 10.2 Å². The highest BCUT2D eigenvalue weighted by Gasteiger charge is 2.27. The fourth-order valence-corrected chi connectivity index (χ4v) is 2.93. The third-order valence-electron chi connectivity index (χ3n) is 3.63. The summed E-state index contributed by atoms with van der Waals surface area (Å²) in [6, 6.07) is 7.72. The summed E-state index contributed by atoms with van der Waals surface area (Å²) in [4.78, 5) is 4.32. The van der Waals surface area contributed by atoms with Gasteiger partial charge in [0.2, 0.25) is 5.89 Å². The lowest BCUT2D eigenvalue weighted by Gasteiger charge is -2.22. The first kappa shape index (κ1) is 15.9. The van der Waals surface area contributed by atoms with Crippen molar-refractivity contribution in [2.75, 3.05) is 20.7 Å². The van der Waals surface area contributed by atoms with Gasteiger partial charge in [0.1, 0.15) is 5.75 Å². The van der Waals surface area contributed by atoms with E-state index >= 15 is 0 Å². The number of benzene rings is 1. The van der Waals surface area contributed by atoms with Crippen molar-refractivity contribution in [3.05, 3.63) is 41.5 Å². The van der Waals surface area contributed by atoms with Gasteiger partial charge >= 0.3 is 0 Å². The highest BCUT2D eigenvalue weighted by atomic mass is 32.2. The summed E-state index contributed by atoms with van der Waals surface area (Å²) in [6.45, 7) is 0.557. The molecule has 0 saturated heterocycles. The zero-order valence-electron chi connectivity index (χ0n) is 12.9. The van der Waals surface area contributed by atoms with Crippen molar-refractivity contribution in [1.29, 1.82) is 0 Å². The fourth-order valence-electron chi connectivity index (χ4n) is 2.36. The van der Waals surface area contributed by atoms with E-state index in [4.69, 9.17) is 9.26 Å². The third kappa shape index (κ3) is 3.36. The minimum atomic E-state index is -3.52. The zero-order valence-corrected chi connectivity index (χ0v) is 13.7. The van der Waals surface area contributed by atoms with Crippen molar-refractivity contribution < 1.29 is 17.7 Å². The number of aromatic nitrogens is 2. The molecule has 0 aliphatic carbocycles. The Morgan fingerprint density at radius 1 is 1.35 bits per heavy atom. The molecule has 0 amide bonds. The van der Waals surface area contributed by atoms with Crippen LogP contribution < -0.4 is 9.46 Å². The minimum absolute atomic E-state index is 0.0190. The molecule has 124 valence electrons. The van der Waals surface area contributed by atoms with E-state index in [0.29, 0.717) is 18.3 Å². The summed E-state index contributed by atoms with van der Waals surface area (Å²) in [5.41, 5.74) is 1.00. The van der Waals surface area contributed by atoms with Crippen LogP contribution in [0.15, 0.2) is 28.8 Å². The van der Waals surface area contributed by atoms with Crippen LogP contribution in [0, 0.1) is 0 Å². The van der Waals surface area contributed by atoms with Gasteiger partial charge in [0.15, 0.2) is 5.82 Å². The van der Waals surface area contributed by atoms with Crippen molar-refractivity contribution in [1.82, 2.24) is 19.2 Å². The Kier molecular flexibility index (Phi) is 4.33. The Hall–Kier alpha value is -1.97. The van der Waals surface area contributed by atoms with Gasteiger partial charge in [-0.1, -0.05) is 23.4 Å². The van der Waals surface area contributed by atoms with E-state index in [1.165, 1.54) is 14.1 Å². The lowest BCUT2D eigenvalue weighted by Crippen LogP contribution is -2.35. The van der Waals surface area contributed by atoms with Gasteiger partial charge in [-0.2, -0.15) is 22.4 Å². The van der Waals surface area contributed by atoms with Gasteiger partial charge in [0.25, 0.3) is 10.2 Å². The first-order chi connectivity index (χ1) is 11.0. The maximum absolute atomic E-state index is 11.7. The van der Waals surface area contributed by atoms with Crippen LogP contribution in [0.3, 0.4) is 0 Å². The number of nitrogens with one attached hydrogen (secondary N) is 1. The Morgan fingerprint density at radius 2 is 2.13 bits per heavy atom. The average Bonchev–Trinajstić information content (AvgIpc) is 3.01. The SMILES string of the molecule is CN(C)S(=O)(=O)NCc1noc(C2CCOc3ccccc32)n1. The molecular formula is C14H18N4O4S. The van der Waals surface area contributed by atoms with Crippen LogP contribution >= 0.6 is 0 Å². The number of para-hydroxylation sites is 1. The summed E-state index contributed by atoms with van der Waals surface area (Å²) < 4.78 is 37.8. The predicted molar refractivity (Wildman–Crippen MR) is 82.1 cm³/mol. The lowest BCUT2D eigenvalue weighted by molar-refractivity contribution is 0.256. The van der Waals surface area contributed by atoms with Crippen molar-refractivity contribution in [2.45, 2.75) is 18.9 Å². The largest absolute Gasteiger partial charge is 0.493 e. The molecule has 1 aliphatic heterocycles. The van der Waals surface area contributed by atoms with E-state index in [1.54, 1.807) is 0 Å². The lowest BCUT2D eigenvalue weighted by atomic mass is 9.93. The monoisotopic (exact) mass is 338 g/mol. The first-order valence-corrected chi connectivity index (χ1v) is 8.62. The Labute approximate surface area is 134 Å². The van der Waals surface area contributed by atoms with E-state index in [1.807, 2.05) is 24.3 Å². The van der Waals surface area contributed by atoms with Gasteiger partial charge in [-0.3, -0.25) is 0 Å². The van der Waals surface area contributed by atoms with Crippen molar-refractivity contribution in [3.8, 4) is 5.75 Å². The standard InChI is InChI=1S/C14H18N4O4S/c1-18(2)23(19,20)15-9-13-16-14(22-17-13)11-7-8-21-12-6-4-3-5-10(11)12/h3-6,11,15H,7-9H2,1-2H3. The molecule has 1 aromatic carbocycles. The van der Waals surface area contributed by atoms with Crippen LogP contribution in [0.25, 0.3) is 0 Å². The molecule has 1 unspecified atom stereocenters. The van der Waals surface area contributed by atoms with Crippen molar-refractivity contribution in [2.24, 2.45) is 0 Å². The molecule has 1 N–H and O–H groups in total. The van der Waals surface area contributed by atoms with Crippen LogP contribution in [0.2, 0.25) is 0 Å². The van der Waals surface area contributed by atoms with Crippen LogP contribution in [0.1, 0.15) is 29.6 Å². The molecular weight excluding hydrogens is 320 g/mol. The van der Waals surface area contributed by atoms with Crippen LogP contribution in [-0.2, 0) is 16.8 Å². The molecule has 8 nitrogen and oxygen atoms in total. The molecule has 0 saturated carbocycles. The predicted octanol–water partition coefficient (Wildman–Crippen LogP) is 0.880. The van der Waals surface area contributed by atoms with E-state index in [9.17, 15) is 8.42 Å². The van der Waals surface area contributed by atoms with Gasteiger partial charge in [-0.05, 0) is 12.5 Å². The number of ether oxygens (including phenoxy) is 1. The van der Waals surface area contributed by atoms with Crippen LogP contribution in [0.4, 0.5) is 0 Å². The number of nitrogens with zero attached hydrogens (tertiary/aromatic N) is 3. The molecule has 1 atom stereocenters. The molecule has 1 aromatic heterocycles. The van der Waals surface area contributed by atoms with E-state index in [2.05, 4.69) is 14.9 Å². The number of fused-ring (bicyclic) bond motifs is 1. The molecule has 0 bridgehead atoms. The Balaban J connectivity index is 1.76. The second-order valence-electron chi connectivity index (χ2n) is 5.38. The van der Waals surface area contributed by atoms with Crippen LogP contribution in [0.5, 0.6) is 5.75 Å². The smallest absolute Gasteiger partial charge is 0.279 e. The number of hydrogen-bond acceptors (Lipinski definition) is 6. The molecule has 0 radical (unpaired) electrons. The number of hydrogen-bond donors (Lipinski definition) is 1. The normalized spacial score (nSPS) is 17.8. The van der Waals surface area contributed by atoms with Gasteiger partial charge in [-0.15, -0.1) is 0 Å². The molecule has 0 spiro atoms. The fraction of sp³-hybridized carbons (Fsp3) is 0.429. The van der Waals surface area contributed by atoms with Gasteiger partial charge in [0.05, 0.1) is 19.1 Å². The van der Waals surface area contributed by atoms with Crippen molar-refractivity contribution in [3.63, 3.8) is 0 Å². The minimum Gasteiger partial charge on any atom is -0.493 e. The van der Waals surface area contributed by atoms with Crippen LogP contribution in [-0.4, -0.2) is 43.6 Å². The first-order valence-electron chi connectivity index (χ1n) is 7.18. The van der Waals surface area contributed by atoms with E-state index in [0.717, 1.165) is 22.0 Å². The van der Waals surface area contributed by atoms with Crippen molar-refractivity contribution >= 4 is 10.2 Å². The molecule has 23 heavy (non-hydrogen) atoms. The maximum Gasteiger partial charge on any atom is 0.279 e. The summed E-state index contributed by atoms with van der Waals surface area (Å²) in [7, 11) is -0.624. The molecule has 0 fully saturated rings. The Morgan fingerprint density at radius 3 is 2.91 bits per heavy atom. The summed E-state index contributed by atoms with van der Waals surface area (Å²) in [5, 5.41) is 3.85. The highest BCUT2D eigenvalue weighted by Crippen LogP contribution is 2.36. The quantitative estimate of drug-likeness (QED) is 0.869. The summed E-state index contributed by atoms with van der Waals surface area (Å²) in [6.07, 6.45) is 0.738. The van der Waals surface area contributed by atoms with Gasteiger partial charge < -0.3 is 9.26 Å². The summed E-state index contributed by atoms with van der Waals surface area (Å²) >= 11 is 0. The zero-order chi connectivity index (χ0) is 16.4. The molecule has 1 aliphatic rings. The maximum atomic E-state index is 11.7. The molecule has 9 heteroatoms. The molecule has 2 heterocycles.